The Kier molecular flexibility index (Phi) is 4.20. The van der Waals surface area contributed by atoms with E-state index in [1.807, 2.05) is 6.07 Å². The Hall–Kier alpha value is -3.47. The van der Waals surface area contributed by atoms with E-state index in [0.717, 1.165) is 18.5 Å². The number of H-pyrrole nitrogens is 1. The second kappa shape index (κ2) is 6.68. The second-order valence-electron chi connectivity index (χ2n) is 6.69. The van der Waals surface area contributed by atoms with Crippen LogP contribution in [-0.4, -0.2) is 25.9 Å². The van der Waals surface area contributed by atoms with Gasteiger partial charge in [0.25, 0.3) is 0 Å². The summed E-state index contributed by atoms with van der Waals surface area (Å²) in [6.45, 7) is 1.77. The highest BCUT2D eigenvalue weighted by Crippen LogP contribution is 2.39. The first kappa shape index (κ1) is 17.0. The number of halogens is 1. The molecule has 27 heavy (non-hydrogen) atoms. The van der Waals surface area contributed by atoms with E-state index in [1.54, 1.807) is 25.4 Å². The first-order valence-electron chi connectivity index (χ1n) is 8.66. The topological polar surface area (TPSA) is 99.4 Å². The van der Waals surface area contributed by atoms with Gasteiger partial charge in [0.05, 0.1) is 23.4 Å². The Morgan fingerprint density at radius 1 is 1.44 bits per heavy atom. The van der Waals surface area contributed by atoms with Crippen molar-refractivity contribution in [1.29, 1.82) is 5.26 Å². The number of hydrogen-bond donors (Lipinski definition) is 2. The summed E-state index contributed by atoms with van der Waals surface area (Å²) < 4.78 is 15.0. The van der Waals surface area contributed by atoms with Crippen molar-refractivity contribution < 1.29 is 9.18 Å². The number of nitrogens with zero attached hydrogens (tertiary/aromatic N) is 4. The van der Waals surface area contributed by atoms with Crippen molar-refractivity contribution in [3.05, 3.63) is 59.3 Å². The number of aromatic nitrogens is 4. The van der Waals surface area contributed by atoms with Gasteiger partial charge in [0, 0.05) is 29.4 Å². The summed E-state index contributed by atoms with van der Waals surface area (Å²) in [6.07, 6.45) is 5.59. The number of carbonyl (C=O) groups is 1. The van der Waals surface area contributed by atoms with Crippen LogP contribution in [0.4, 0.5) is 10.2 Å². The monoisotopic (exact) mass is 364 g/mol. The number of rotatable bonds is 5. The van der Waals surface area contributed by atoms with Crippen LogP contribution in [0, 0.1) is 17.1 Å². The molecule has 136 valence electrons. The lowest BCUT2D eigenvalue weighted by Crippen LogP contribution is -2.18. The Bertz CT molecular complexity index is 1040. The van der Waals surface area contributed by atoms with Crippen LogP contribution in [0.3, 0.4) is 0 Å². The molecular weight excluding hydrogens is 347 g/mol. The molecule has 2 heterocycles. The van der Waals surface area contributed by atoms with Gasteiger partial charge in [-0.2, -0.15) is 15.5 Å². The molecule has 1 atom stereocenters. The SMILES string of the molecule is C[C@H](C(=O)Nc1cc(C2CC2)[nH]n1)c1cnn(-c2ccc(F)c(C#N)c2)c1. The highest BCUT2D eigenvalue weighted by atomic mass is 19.1. The zero-order valence-electron chi connectivity index (χ0n) is 14.6. The van der Waals surface area contributed by atoms with Gasteiger partial charge in [-0.1, -0.05) is 0 Å². The van der Waals surface area contributed by atoms with E-state index >= 15 is 0 Å². The molecule has 2 aromatic heterocycles. The fourth-order valence-electron chi connectivity index (χ4n) is 2.83. The van der Waals surface area contributed by atoms with Crippen molar-refractivity contribution in [2.75, 3.05) is 5.32 Å². The van der Waals surface area contributed by atoms with E-state index in [2.05, 4.69) is 20.6 Å². The van der Waals surface area contributed by atoms with Crippen LogP contribution in [0.1, 0.15) is 48.4 Å². The van der Waals surface area contributed by atoms with Crippen LogP contribution in [0.2, 0.25) is 0 Å². The van der Waals surface area contributed by atoms with Crippen molar-refractivity contribution in [3.63, 3.8) is 0 Å². The Labute approximate surface area is 154 Å². The van der Waals surface area contributed by atoms with Crippen LogP contribution < -0.4 is 5.32 Å². The first-order valence-corrected chi connectivity index (χ1v) is 8.66. The minimum Gasteiger partial charge on any atom is -0.309 e. The molecule has 1 aromatic carbocycles. The van der Waals surface area contributed by atoms with Gasteiger partial charge >= 0.3 is 0 Å². The highest BCUT2D eigenvalue weighted by molar-refractivity contribution is 5.94. The lowest BCUT2D eigenvalue weighted by molar-refractivity contribution is -0.117. The number of amides is 1. The molecule has 1 amide bonds. The highest BCUT2D eigenvalue weighted by Gasteiger charge is 2.26. The van der Waals surface area contributed by atoms with Gasteiger partial charge in [0.15, 0.2) is 5.82 Å². The third kappa shape index (κ3) is 3.44. The third-order valence-corrected chi connectivity index (χ3v) is 4.70. The maximum absolute atomic E-state index is 13.5. The Morgan fingerprint density at radius 3 is 3.00 bits per heavy atom. The quantitative estimate of drug-likeness (QED) is 0.726. The zero-order chi connectivity index (χ0) is 19.0. The first-order chi connectivity index (χ1) is 13.0. The smallest absolute Gasteiger partial charge is 0.232 e. The van der Waals surface area contributed by atoms with Crippen molar-refractivity contribution in [2.24, 2.45) is 0 Å². The molecule has 0 radical (unpaired) electrons. The molecule has 0 aliphatic heterocycles. The molecule has 0 unspecified atom stereocenters. The van der Waals surface area contributed by atoms with Gasteiger partial charge in [-0.25, -0.2) is 9.07 Å². The van der Waals surface area contributed by atoms with Crippen molar-refractivity contribution in [2.45, 2.75) is 31.6 Å². The summed E-state index contributed by atoms with van der Waals surface area (Å²) in [4.78, 5) is 12.5. The van der Waals surface area contributed by atoms with Crippen LogP contribution in [0.25, 0.3) is 5.69 Å². The van der Waals surface area contributed by atoms with Crippen molar-refractivity contribution in [3.8, 4) is 11.8 Å². The summed E-state index contributed by atoms with van der Waals surface area (Å²) in [5, 5.41) is 23.1. The fraction of sp³-hybridized carbons (Fsp3) is 0.263. The van der Waals surface area contributed by atoms with Crippen LogP contribution in [0.5, 0.6) is 0 Å². The molecule has 0 spiro atoms. The number of nitrogens with one attached hydrogen (secondary N) is 2. The Balaban J connectivity index is 1.48. The summed E-state index contributed by atoms with van der Waals surface area (Å²) in [5.41, 5.74) is 2.25. The number of hydrogen-bond acceptors (Lipinski definition) is 4. The molecule has 2 N–H and O–H groups in total. The number of aromatic amines is 1. The predicted octanol–water partition coefficient (Wildman–Crippen LogP) is 3.23. The van der Waals surface area contributed by atoms with Crippen molar-refractivity contribution >= 4 is 11.7 Å². The van der Waals surface area contributed by atoms with Crippen LogP contribution in [-0.2, 0) is 4.79 Å². The van der Waals surface area contributed by atoms with Gasteiger partial charge in [-0.15, -0.1) is 0 Å². The molecule has 3 aromatic rings. The number of carbonyl (C=O) groups excluding carboxylic acids is 1. The van der Waals surface area contributed by atoms with E-state index < -0.39 is 11.7 Å². The molecule has 1 saturated carbocycles. The molecule has 1 aliphatic rings. The van der Waals surface area contributed by atoms with Crippen molar-refractivity contribution in [1.82, 2.24) is 20.0 Å². The van der Waals surface area contributed by atoms with E-state index in [0.29, 0.717) is 23.0 Å². The van der Waals surface area contributed by atoms with E-state index in [1.165, 1.54) is 22.9 Å². The van der Waals surface area contributed by atoms with Crippen LogP contribution >= 0.6 is 0 Å². The van der Waals surface area contributed by atoms with Gasteiger partial charge in [-0.3, -0.25) is 9.89 Å². The van der Waals surface area contributed by atoms with Gasteiger partial charge in [-0.05, 0) is 38.0 Å². The molecule has 0 bridgehead atoms. The molecule has 1 fully saturated rings. The van der Waals surface area contributed by atoms with E-state index in [9.17, 15) is 9.18 Å². The minimum absolute atomic E-state index is 0.0552. The zero-order valence-corrected chi connectivity index (χ0v) is 14.6. The molecule has 0 saturated heterocycles. The van der Waals surface area contributed by atoms with E-state index in [-0.39, 0.29) is 11.5 Å². The van der Waals surface area contributed by atoms with Gasteiger partial charge < -0.3 is 5.32 Å². The minimum atomic E-state index is -0.578. The standard InChI is InChI=1S/C19H17FN6O/c1-11(19(27)23-18-7-17(24-25-18)12-2-3-12)14-9-22-26(10-14)15-4-5-16(20)13(6-15)8-21/h4-7,9-12H,2-3H2,1H3,(H2,23,24,25,27)/t11-/m0/s1. The lowest BCUT2D eigenvalue weighted by Gasteiger charge is -2.08. The maximum atomic E-state index is 13.5. The third-order valence-electron chi connectivity index (χ3n) is 4.70. The summed E-state index contributed by atoms with van der Waals surface area (Å²) in [5.74, 6) is -0.173. The fourth-order valence-corrected chi connectivity index (χ4v) is 2.83. The molecule has 8 heteroatoms. The maximum Gasteiger partial charge on any atom is 0.232 e. The predicted molar refractivity (Wildman–Crippen MR) is 95.8 cm³/mol. The molecule has 7 nitrogen and oxygen atoms in total. The number of benzene rings is 1. The summed E-state index contributed by atoms with van der Waals surface area (Å²) >= 11 is 0. The van der Waals surface area contributed by atoms with E-state index in [4.69, 9.17) is 5.26 Å². The van der Waals surface area contributed by atoms with Gasteiger partial charge in [0.1, 0.15) is 11.9 Å². The average Bonchev–Trinajstić information content (AvgIpc) is 3.22. The molecule has 4 rings (SSSR count). The molecule has 1 aliphatic carbocycles. The normalized spacial score (nSPS) is 14.6. The summed E-state index contributed by atoms with van der Waals surface area (Å²) in [6, 6.07) is 7.84. The number of anilines is 1. The second-order valence-corrected chi connectivity index (χ2v) is 6.69. The van der Waals surface area contributed by atoms with Gasteiger partial charge in [0.2, 0.25) is 5.91 Å². The lowest BCUT2D eigenvalue weighted by atomic mass is 10.0. The largest absolute Gasteiger partial charge is 0.309 e. The molecular formula is C19H17FN6O. The Morgan fingerprint density at radius 2 is 2.26 bits per heavy atom. The average molecular weight is 364 g/mol. The summed E-state index contributed by atoms with van der Waals surface area (Å²) in [7, 11) is 0. The number of nitriles is 1. The van der Waals surface area contributed by atoms with Crippen LogP contribution in [0.15, 0.2) is 36.7 Å².